The van der Waals surface area contributed by atoms with Gasteiger partial charge in [-0.25, -0.2) is 4.98 Å². The number of hydrogen-bond donors (Lipinski definition) is 0. The summed E-state index contributed by atoms with van der Waals surface area (Å²) in [6.07, 6.45) is 2.69. The van der Waals surface area contributed by atoms with Crippen molar-refractivity contribution in [3.63, 3.8) is 0 Å². The molecular weight excluding hydrogens is 300 g/mol. The van der Waals surface area contributed by atoms with Crippen LogP contribution in [-0.4, -0.2) is 54.0 Å². The molecule has 1 saturated heterocycles. The number of aromatic nitrogens is 2. The average Bonchev–Trinajstić information content (AvgIpc) is 3.05. The fourth-order valence-electron chi connectivity index (χ4n) is 3.21. The van der Waals surface area contributed by atoms with Crippen LogP contribution in [0.5, 0.6) is 0 Å². The van der Waals surface area contributed by atoms with E-state index in [1.807, 2.05) is 23.0 Å². The van der Waals surface area contributed by atoms with Crippen molar-refractivity contribution in [2.24, 2.45) is 0 Å². The molecule has 0 amide bonds. The molecule has 0 spiro atoms. The third kappa shape index (κ3) is 2.67. The van der Waals surface area contributed by atoms with Gasteiger partial charge in [0.25, 0.3) is 0 Å². The van der Waals surface area contributed by atoms with E-state index in [9.17, 15) is 4.79 Å². The van der Waals surface area contributed by atoms with Gasteiger partial charge in [0.05, 0.1) is 11.0 Å². The Hall–Kier alpha value is -2.66. The fourth-order valence-corrected chi connectivity index (χ4v) is 3.21. The van der Waals surface area contributed by atoms with Crippen LogP contribution >= 0.6 is 0 Å². The van der Waals surface area contributed by atoms with Gasteiger partial charge in [-0.15, -0.1) is 0 Å². The van der Waals surface area contributed by atoms with Crippen LogP contribution in [0.1, 0.15) is 10.4 Å². The van der Waals surface area contributed by atoms with Crippen LogP contribution in [0.15, 0.2) is 48.8 Å². The highest BCUT2D eigenvalue weighted by Crippen LogP contribution is 2.24. The number of nitrogens with zero attached hydrogens (tertiary/aromatic N) is 4. The quantitative estimate of drug-likeness (QED) is 0.696. The van der Waals surface area contributed by atoms with Gasteiger partial charge in [0.1, 0.15) is 12.6 Å². The van der Waals surface area contributed by atoms with Gasteiger partial charge >= 0.3 is 0 Å². The number of anilines is 1. The number of benzene rings is 2. The first-order valence-electron chi connectivity index (χ1n) is 8.21. The van der Waals surface area contributed by atoms with E-state index in [1.165, 1.54) is 5.69 Å². The maximum absolute atomic E-state index is 11.1. The van der Waals surface area contributed by atoms with Crippen molar-refractivity contribution < 1.29 is 4.79 Å². The molecule has 1 aromatic heterocycles. The minimum atomic E-state index is 0.666. The molecule has 1 aliphatic rings. The molecule has 0 unspecified atom stereocenters. The Labute approximate surface area is 141 Å². The summed E-state index contributed by atoms with van der Waals surface area (Å²) in [6, 6.07) is 14.1. The van der Waals surface area contributed by atoms with Crippen molar-refractivity contribution in [1.82, 2.24) is 14.5 Å². The van der Waals surface area contributed by atoms with E-state index in [0.29, 0.717) is 5.56 Å². The topological polar surface area (TPSA) is 41.4 Å². The van der Waals surface area contributed by atoms with Crippen LogP contribution in [0.25, 0.3) is 16.7 Å². The Morgan fingerprint density at radius 2 is 1.79 bits per heavy atom. The van der Waals surface area contributed by atoms with Crippen LogP contribution in [-0.2, 0) is 0 Å². The van der Waals surface area contributed by atoms with Gasteiger partial charge in [-0.1, -0.05) is 6.07 Å². The minimum Gasteiger partial charge on any atom is -0.369 e. The van der Waals surface area contributed by atoms with Crippen LogP contribution in [0.2, 0.25) is 0 Å². The van der Waals surface area contributed by atoms with Gasteiger partial charge in [0.2, 0.25) is 0 Å². The lowest BCUT2D eigenvalue weighted by molar-refractivity contribution is 0.112. The van der Waals surface area contributed by atoms with E-state index in [4.69, 9.17) is 0 Å². The van der Waals surface area contributed by atoms with Crippen molar-refractivity contribution in [2.45, 2.75) is 0 Å². The van der Waals surface area contributed by atoms with Crippen molar-refractivity contribution in [2.75, 3.05) is 38.1 Å². The van der Waals surface area contributed by atoms with E-state index in [-0.39, 0.29) is 0 Å². The lowest BCUT2D eigenvalue weighted by Gasteiger charge is -2.34. The first kappa shape index (κ1) is 14.9. The second-order valence-electron chi connectivity index (χ2n) is 6.29. The first-order valence-corrected chi connectivity index (χ1v) is 8.21. The molecular formula is C19H20N4O. The van der Waals surface area contributed by atoms with E-state index >= 15 is 0 Å². The fraction of sp³-hybridized carbons (Fsp3) is 0.263. The van der Waals surface area contributed by atoms with E-state index in [0.717, 1.165) is 49.2 Å². The molecule has 1 aliphatic heterocycles. The normalized spacial score (nSPS) is 15.8. The van der Waals surface area contributed by atoms with E-state index in [2.05, 4.69) is 46.1 Å². The Bertz CT molecular complexity index is 878. The number of likely N-dealkylation sites (N-methyl/N-ethyl adjacent to an activating group) is 1. The standard InChI is InChI=1S/C19H20N4O/c1-21-7-9-22(10-8-21)16-3-2-4-17(12-16)23-14-20-18-6-5-15(13-24)11-19(18)23/h2-6,11-14H,7-10H2,1H3. The van der Waals surface area contributed by atoms with Crippen molar-refractivity contribution in [3.8, 4) is 5.69 Å². The Morgan fingerprint density at radius 3 is 2.58 bits per heavy atom. The second-order valence-corrected chi connectivity index (χ2v) is 6.29. The monoisotopic (exact) mass is 320 g/mol. The van der Waals surface area contributed by atoms with Crippen LogP contribution in [0.4, 0.5) is 5.69 Å². The summed E-state index contributed by atoms with van der Waals surface area (Å²) < 4.78 is 2.04. The molecule has 5 heteroatoms. The summed E-state index contributed by atoms with van der Waals surface area (Å²) in [7, 11) is 2.16. The number of rotatable bonds is 3. The average molecular weight is 320 g/mol. The third-order valence-electron chi connectivity index (χ3n) is 4.68. The zero-order valence-corrected chi connectivity index (χ0v) is 13.7. The minimum absolute atomic E-state index is 0.666. The third-order valence-corrected chi connectivity index (χ3v) is 4.68. The lowest BCUT2D eigenvalue weighted by Crippen LogP contribution is -2.44. The first-order chi connectivity index (χ1) is 11.7. The largest absolute Gasteiger partial charge is 0.369 e. The number of aldehydes is 1. The molecule has 0 bridgehead atoms. The second kappa shape index (κ2) is 6.09. The zero-order valence-electron chi connectivity index (χ0n) is 13.7. The van der Waals surface area contributed by atoms with E-state index in [1.54, 1.807) is 6.07 Å². The molecule has 0 saturated carbocycles. The molecule has 5 nitrogen and oxygen atoms in total. The van der Waals surface area contributed by atoms with Gasteiger partial charge in [-0.3, -0.25) is 9.36 Å². The molecule has 0 radical (unpaired) electrons. The van der Waals surface area contributed by atoms with Gasteiger partial charge in [0, 0.05) is 43.1 Å². The number of hydrogen-bond acceptors (Lipinski definition) is 4. The molecule has 24 heavy (non-hydrogen) atoms. The summed E-state index contributed by atoms with van der Waals surface area (Å²) in [5, 5.41) is 0. The summed E-state index contributed by atoms with van der Waals surface area (Å²) >= 11 is 0. The predicted molar refractivity (Wildman–Crippen MR) is 96.2 cm³/mol. The highest BCUT2D eigenvalue weighted by molar-refractivity contribution is 5.86. The van der Waals surface area contributed by atoms with Gasteiger partial charge in [0.15, 0.2) is 0 Å². The van der Waals surface area contributed by atoms with Crippen molar-refractivity contribution in [1.29, 1.82) is 0 Å². The summed E-state index contributed by atoms with van der Waals surface area (Å²) in [5.41, 5.74) is 4.81. The van der Waals surface area contributed by atoms with Gasteiger partial charge in [-0.2, -0.15) is 0 Å². The number of fused-ring (bicyclic) bond motifs is 1. The number of carbonyl (C=O) groups excluding carboxylic acids is 1. The lowest BCUT2D eigenvalue weighted by atomic mass is 10.2. The summed E-state index contributed by atoms with van der Waals surface area (Å²) in [4.78, 5) is 20.3. The van der Waals surface area contributed by atoms with Crippen LogP contribution < -0.4 is 4.90 Å². The molecule has 0 atom stereocenters. The predicted octanol–water partition coefficient (Wildman–Crippen LogP) is 2.59. The SMILES string of the molecule is CN1CCN(c2cccc(-n3cnc4ccc(C=O)cc43)c2)CC1. The molecule has 1 fully saturated rings. The summed E-state index contributed by atoms with van der Waals surface area (Å²) in [5.74, 6) is 0. The Morgan fingerprint density at radius 1 is 1.00 bits per heavy atom. The summed E-state index contributed by atoms with van der Waals surface area (Å²) in [6.45, 7) is 4.25. The Balaban J connectivity index is 1.72. The number of carbonyl (C=O) groups is 1. The van der Waals surface area contributed by atoms with Crippen LogP contribution in [0, 0.1) is 0 Å². The zero-order chi connectivity index (χ0) is 16.5. The molecule has 4 rings (SSSR count). The molecule has 0 N–H and O–H groups in total. The molecule has 2 aromatic carbocycles. The van der Waals surface area contributed by atoms with E-state index < -0.39 is 0 Å². The number of piperazine rings is 1. The number of imidazole rings is 1. The maximum Gasteiger partial charge on any atom is 0.150 e. The molecule has 3 aromatic rings. The highest BCUT2D eigenvalue weighted by atomic mass is 16.1. The molecule has 0 aliphatic carbocycles. The Kier molecular flexibility index (Phi) is 3.78. The van der Waals surface area contributed by atoms with Gasteiger partial charge < -0.3 is 9.80 Å². The van der Waals surface area contributed by atoms with Gasteiger partial charge in [-0.05, 0) is 43.4 Å². The maximum atomic E-state index is 11.1. The molecule has 2 heterocycles. The van der Waals surface area contributed by atoms with Crippen LogP contribution in [0.3, 0.4) is 0 Å². The molecule has 122 valence electrons. The van der Waals surface area contributed by atoms with Crippen molar-refractivity contribution >= 4 is 23.0 Å². The van der Waals surface area contributed by atoms with Crippen molar-refractivity contribution in [3.05, 3.63) is 54.4 Å². The highest BCUT2D eigenvalue weighted by Gasteiger charge is 2.15. The smallest absolute Gasteiger partial charge is 0.150 e.